The van der Waals surface area contributed by atoms with Crippen molar-refractivity contribution >= 4 is 19.7 Å². The number of rotatable bonds is 11. The van der Waals surface area contributed by atoms with Gasteiger partial charge >= 0.3 is 0 Å². The maximum absolute atomic E-state index is 10.6. The van der Waals surface area contributed by atoms with Crippen molar-refractivity contribution in [2.75, 3.05) is 19.0 Å². The molecule has 0 aromatic carbocycles. The zero-order valence-electron chi connectivity index (χ0n) is 11.0. The molecule has 0 atom stereocenters. The molecule has 0 aliphatic carbocycles. The molecule has 0 aliphatic heterocycles. The molecule has 0 saturated carbocycles. The fourth-order valence-electron chi connectivity index (χ4n) is 1.53. The van der Waals surface area contributed by atoms with E-state index in [0.29, 0.717) is 6.42 Å². The van der Waals surface area contributed by atoms with Crippen molar-refractivity contribution in [3.63, 3.8) is 0 Å². The first kappa shape index (κ1) is 17.2. The molecule has 0 N–H and O–H groups in total. The van der Waals surface area contributed by atoms with Crippen molar-refractivity contribution in [3.05, 3.63) is 0 Å². The summed E-state index contributed by atoms with van der Waals surface area (Å²) < 4.78 is 26.8. The van der Waals surface area contributed by atoms with Gasteiger partial charge in [-0.05, 0) is 31.6 Å². The zero-order valence-corrected chi connectivity index (χ0v) is 12.5. The second-order valence-corrected chi connectivity index (χ2v) is 7.70. The molecule has 5 heteroatoms. The van der Waals surface area contributed by atoms with Crippen LogP contribution in [-0.2, 0) is 13.8 Å². The van der Waals surface area contributed by atoms with E-state index in [1.807, 2.05) is 0 Å². The Morgan fingerprint density at radius 1 is 1.00 bits per heavy atom. The molecule has 0 unspecified atom stereocenters. The van der Waals surface area contributed by atoms with Crippen LogP contribution in [0.5, 0.6) is 0 Å². The van der Waals surface area contributed by atoms with Crippen LogP contribution in [0.15, 0.2) is 0 Å². The van der Waals surface area contributed by atoms with Crippen LogP contribution < -0.4 is 0 Å². The van der Waals surface area contributed by atoms with Crippen molar-refractivity contribution in [2.24, 2.45) is 5.92 Å². The van der Waals surface area contributed by atoms with E-state index in [-0.39, 0.29) is 5.75 Å². The Bertz CT molecular complexity index is 263. The summed E-state index contributed by atoms with van der Waals surface area (Å²) in [4.78, 5) is 0. The highest BCUT2D eigenvalue weighted by Gasteiger charge is 2.03. The third kappa shape index (κ3) is 16.2. The summed E-state index contributed by atoms with van der Waals surface area (Å²) in [6.45, 7) is 6.05. The van der Waals surface area contributed by atoms with E-state index in [1.54, 1.807) is 0 Å². The van der Waals surface area contributed by atoms with Gasteiger partial charge in [0.1, 0.15) is 0 Å². The Balaban J connectivity index is 3.09. The molecule has 0 spiro atoms. The van der Waals surface area contributed by atoms with Crippen molar-refractivity contribution in [1.29, 1.82) is 0 Å². The minimum atomic E-state index is -3.30. The normalized spacial score (nSPS) is 12.2. The molecule has 0 rings (SSSR count). The van der Waals surface area contributed by atoms with Gasteiger partial charge in [-0.2, -0.15) is 0 Å². The average Bonchev–Trinajstić information content (AvgIpc) is 2.18. The van der Waals surface area contributed by atoms with Crippen LogP contribution in [0.25, 0.3) is 0 Å². The summed E-state index contributed by atoms with van der Waals surface area (Å²) in [6, 6.07) is 0. The topological polar surface area (TPSA) is 43.4 Å². The Kier molecular flexibility index (Phi) is 10.3. The lowest BCUT2D eigenvalue weighted by atomic mass is 10.1. The molecule has 3 nitrogen and oxygen atoms in total. The van der Waals surface area contributed by atoms with Gasteiger partial charge in [0.15, 0.2) is 0 Å². The maximum Gasteiger partial charge on any atom is 0.232 e. The first-order chi connectivity index (χ1) is 7.92. The number of halogens is 1. The van der Waals surface area contributed by atoms with Crippen LogP contribution in [0.3, 0.4) is 0 Å². The van der Waals surface area contributed by atoms with Crippen LogP contribution in [0.4, 0.5) is 0 Å². The summed E-state index contributed by atoms with van der Waals surface area (Å²) in [7, 11) is 1.81. The second-order valence-electron chi connectivity index (χ2n) is 4.81. The lowest BCUT2D eigenvalue weighted by molar-refractivity contribution is 0.124. The summed E-state index contributed by atoms with van der Waals surface area (Å²) in [6.07, 6.45) is 5.91. The van der Waals surface area contributed by atoms with Gasteiger partial charge in [-0.15, -0.1) is 0 Å². The van der Waals surface area contributed by atoms with Crippen molar-refractivity contribution in [2.45, 2.75) is 52.4 Å². The van der Waals surface area contributed by atoms with Gasteiger partial charge in [-0.1, -0.05) is 26.7 Å². The first-order valence-corrected chi connectivity index (χ1v) is 8.90. The minimum absolute atomic E-state index is 0.0871. The second kappa shape index (κ2) is 10.2. The molecule has 0 saturated heterocycles. The van der Waals surface area contributed by atoms with Crippen molar-refractivity contribution < 1.29 is 13.2 Å². The molecule has 0 aliphatic rings. The van der Waals surface area contributed by atoms with E-state index >= 15 is 0 Å². The van der Waals surface area contributed by atoms with E-state index in [2.05, 4.69) is 13.8 Å². The van der Waals surface area contributed by atoms with E-state index in [0.717, 1.165) is 44.8 Å². The van der Waals surface area contributed by atoms with Crippen LogP contribution in [0.2, 0.25) is 0 Å². The Labute approximate surface area is 110 Å². The third-order valence-corrected chi connectivity index (χ3v) is 3.74. The van der Waals surface area contributed by atoms with Crippen LogP contribution in [0.1, 0.15) is 52.4 Å². The lowest BCUT2D eigenvalue weighted by Crippen LogP contribution is -2.00. The van der Waals surface area contributed by atoms with Gasteiger partial charge in [-0.25, -0.2) is 8.42 Å². The van der Waals surface area contributed by atoms with E-state index in [1.165, 1.54) is 6.42 Å². The number of hydrogen-bond acceptors (Lipinski definition) is 3. The lowest BCUT2D eigenvalue weighted by Gasteiger charge is -2.05. The van der Waals surface area contributed by atoms with Crippen LogP contribution >= 0.6 is 10.7 Å². The molecular weight excluding hydrogens is 260 g/mol. The highest BCUT2D eigenvalue weighted by atomic mass is 35.7. The highest BCUT2D eigenvalue weighted by molar-refractivity contribution is 8.13. The third-order valence-electron chi connectivity index (χ3n) is 2.50. The molecule has 0 amide bonds. The summed E-state index contributed by atoms with van der Waals surface area (Å²) >= 11 is 0. The van der Waals surface area contributed by atoms with E-state index < -0.39 is 9.05 Å². The maximum atomic E-state index is 10.6. The minimum Gasteiger partial charge on any atom is -0.381 e. The number of ether oxygens (including phenoxy) is 1. The standard InChI is InChI=1S/C12H25ClO3S/c1-12(2)8-7-10-16-9-5-3-4-6-11-17(13,14)15/h12H,3-11H2,1-2H3. The van der Waals surface area contributed by atoms with Gasteiger partial charge < -0.3 is 4.74 Å². The molecule has 0 bridgehead atoms. The first-order valence-electron chi connectivity index (χ1n) is 6.42. The fraction of sp³-hybridized carbons (Fsp3) is 1.00. The largest absolute Gasteiger partial charge is 0.381 e. The quantitative estimate of drug-likeness (QED) is 0.430. The monoisotopic (exact) mass is 284 g/mol. The van der Waals surface area contributed by atoms with Gasteiger partial charge in [0.05, 0.1) is 5.75 Å². The predicted molar refractivity (Wildman–Crippen MR) is 73.0 cm³/mol. The Morgan fingerprint density at radius 2 is 1.59 bits per heavy atom. The van der Waals surface area contributed by atoms with E-state index in [9.17, 15) is 8.42 Å². The average molecular weight is 285 g/mol. The van der Waals surface area contributed by atoms with E-state index in [4.69, 9.17) is 15.4 Å². The molecule has 0 aromatic heterocycles. The molecule has 0 heterocycles. The highest BCUT2D eigenvalue weighted by Crippen LogP contribution is 2.06. The SMILES string of the molecule is CC(C)CCCOCCCCCCS(=O)(=O)Cl. The van der Waals surface area contributed by atoms with Gasteiger partial charge in [0.2, 0.25) is 9.05 Å². The van der Waals surface area contributed by atoms with Gasteiger partial charge in [0.25, 0.3) is 0 Å². The summed E-state index contributed by atoms with van der Waals surface area (Å²) in [5.74, 6) is 0.833. The summed E-state index contributed by atoms with van der Waals surface area (Å²) in [5.41, 5.74) is 0. The summed E-state index contributed by atoms with van der Waals surface area (Å²) in [5, 5.41) is 0. The van der Waals surface area contributed by atoms with Crippen molar-refractivity contribution in [1.82, 2.24) is 0 Å². The Morgan fingerprint density at radius 3 is 2.18 bits per heavy atom. The predicted octanol–water partition coefficient (Wildman–Crippen LogP) is 3.57. The fourth-order valence-corrected chi connectivity index (χ4v) is 2.40. The molecule has 0 fully saturated rings. The number of unbranched alkanes of at least 4 members (excludes halogenated alkanes) is 3. The molecular formula is C12H25ClO3S. The molecule has 17 heavy (non-hydrogen) atoms. The van der Waals surface area contributed by atoms with Crippen molar-refractivity contribution in [3.8, 4) is 0 Å². The molecule has 104 valence electrons. The van der Waals surface area contributed by atoms with Gasteiger partial charge in [0, 0.05) is 23.9 Å². The number of hydrogen-bond donors (Lipinski definition) is 0. The molecule has 0 aromatic rings. The smallest absolute Gasteiger partial charge is 0.232 e. The molecule has 0 radical (unpaired) electrons. The van der Waals surface area contributed by atoms with Crippen LogP contribution in [0, 0.1) is 5.92 Å². The van der Waals surface area contributed by atoms with Crippen LogP contribution in [-0.4, -0.2) is 27.4 Å². The van der Waals surface area contributed by atoms with Gasteiger partial charge in [-0.3, -0.25) is 0 Å². The Hall–Kier alpha value is 0.200. The zero-order chi connectivity index (χ0) is 13.1.